The highest BCUT2D eigenvalue weighted by molar-refractivity contribution is 7.89. The fourth-order valence-electron chi connectivity index (χ4n) is 2.38. The highest BCUT2D eigenvalue weighted by Crippen LogP contribution is 2.22. The number of rotatable bonds is 5. The molecule has 1 aromatic carbocycles. The standard InChI is InChI=1S/C17H20N4O2S/c1-12-9-13(2)20-17(15(12)10-18)19-11-14-7-5-6-8-16(14)24(22,23)21(3)4/h5-9H,11H2,1-4H3,(H,19,20). The van der Waals surface area contributed by atoms with Gasteiger partial charge in [-0.2, -0.15) is 5.26 Å². The molecule has 0 aliphatic carbocycles. The Morgan fingerprint density at radius 3 is 2.54 bits per heavy atom. The van der Waals surface area contributed by atoms with Gasteiger partial charge in [0.15, 0.2) is 0 Å². The zero-order valence-corrected chi connectivity index (χ0v) is 15.0. The molecule has 7 heteroatoms. The Balaban J connectivity index is 2.38. The van der Waals surface area contributed by atoms with Gasteiger partial charge in [0, 0.05) is 26.3 Å². The average Bonchev–Trinajstić information content (AvgIpc) is 2.52. The van der Waals surface area contributed by atoms with E-state index in [1.54, 1.807) is 24.3 Å². The Hall–Kier alpha value is -2.43. The van der Waals surface area contributed by atoms with Crippen molar-refractivity contribution in [3.8, 4) is 6.07 Å². The first-order valence-electron chi connectivity index (χ1n) is 7.40. The van der Waals surface area contributed by atoms with Crippen molar-refractivity contribution >= 4 is 15.8 Å². The Morgan fingerprint density at radius 2 is 1.92 bits per heavy atom. The van der Waals surface area contributed by atoms with Gasteiger partial charge < -0.3 is 5.32 Å². The first-order valence-corrected chi connectivity index (χ1v) is 8.84. The van der Waals surface area contributed by atoms with Crippen LogP contribution in [0.4, 0.5) is 5.82 Å². The third kappa shape index (κ3) is 3.55. The molecular weight excluding hydrogens is 324 g/mol. The van der Waals surface area contributed by atoms with Crippen molar-refractivity contribution in [3.63, 3.8) is 0 Å². The Bertz CT molecular complexity index is 899. The van der Waals surface area contributed by atoms with E-state index in [0.717, 1.165) is 11.3 Å². The summed E-state index contributed by atoms with van der Waals surface area (Å²) in [5.74, 6) is 0.465. The number of pyridine rings is 1. The fraction of sp³-hybridized carbons (Fsp3) is 0.294. The maximum atomic E-state index is 12.4. The molecule has 2 rings (SSSR count). The van der Waals surface area contributed by atoms with Crippen LogP contribution in [0.2, 0.25) is 0 Å². The summed E-state index contributed by atoms with van der Waals surface area (Å²) in [6.45, 7) is 3.96. The van der Waals surface area contributed by atoms with E-state index in [-0.39, 0.29) is 11.4 Å². The van der Waals surface area contributed by atoms with Crippen LogP contribution in [0.1, 0.15) is 22.4 Å². The van der Waals surface area contributed by atoms with Crippen LogP contribution in [-0.4, -0.2) is 31.8 Å². The minimum Gasteiger partial charge on any atom is -0.365 e. The minimum absolute atomic E-state index is 0.241. The Labute approximate surface area is 142 Å². The van der Waals surface area contributed by atoms with Crippen molar-refractivity contribution < 1.29 is 8.42 Å². The van der Waals surface area contributed by atoms with Gasteiger partial charge in [-0.05, 0) is 37.1 Å². The maximum Gasteiger partial charge on any atom is 0.242 e. The molecule has 0 aliphatic heterocycles. The zero-order chi connectivity index (χ0) is 17.9. The van der Waals surface area contributed by atoms with Crippen LogP contribution in [0, 0.1) is 25.2 Å². The first-order chi connectivity index (χ1) is 11.3. The van der Waals surface area contributed by atoms with E-state index in [1.807, 2.05) is 19.9 Å². The van der Waals surface area contributed by atoms with Gasteiger partial charge in [0.25, 0.3) is 0 Å². The third-order valence-electron chi connectivity index (χ3n) is 3.63. The summed E-state index contributed by atoms with van der Waals surface area (Å²) >= 11 is 0. The molecule has 0 bridgehead atoms. The zero-order valence-electron chi connectivity index (χ0n) is 14.2. The van der Waals surface area contributed by atoms with Crippen molar-refractivity contribution in [1.82, 2.24) is 9.29 Å². The predicted octanol–water partition coefficient (Wildman–Crippen LogP) is 2.43. The lowest BCUT2D eigenvalue weighted by atomic mass is 10.1. The van der Waals surface area contributed by atoms with E-state index < -0.39 is 10.0 Å². The van der Waals surface area contributed by atoms with E-state index in [4.69, 9.17) is 0 Å². The summed E-state index contributed by atoms with van der Waals surface area (Å²) in [5.41, 5.74) is 2.72. The topological polar surface area (TPSA) is 86.1 Å². The lowest BCUT2D eigenvalue weighted by Crippen LogP contribution is -2.24. The van der Waals surface area contributed by atoms with Gasteiger partial charge in [-0.25, -0.2) is 17.7 Å². The smallest absolute Gasteiger partial charge is 0.242 e. The van der Waals surface area contributed by atoms with Crippen LogP contribution >= 0.6 is 0 Å². The van der Waals surface area contributed by atoms with Crippen LogP contribution in [0.5, 0.6) is 0 Å². The van der Waals surface area contributed by atoms with Gasteiger partial charge in [-0.3, -0.25) is 0 Å². The summed E-state index contributed by atoms with van der Waals surface area (Å²) in [4.78, 5) is 4.59. The van der Waals surface area contributed by atoms with E-state index >= 15 is 0 Å². The lowest BCUT2D eigenvalue weighted by Gasteiger charge is -2.16. The van der Waals surface area contributed by atoms with E-state index in [0.29, 0.717) is 16.9 Å². The van der Waals surface area contributed by atoms with Crippen LogP contribution in [0.3, 0.4) is 0 Å². The van der Waals surface area contributed by atoms with Gasteiger partial charge in [0.05, 0.1) is 10.5 Å². The summed E-state index contributed by atoms with van der Waals surface area (Å²) in [5, 5.41) is 12.4. The molecular formula is C17H20N4O2S. The second-order valence-corrected chi connectivity index (χ2v) is 7.78. The molecule has 1 aromatic heterocycles. The number of aromatic nitrogens is 1. The molecule has 2 aromatic rings. The molecule has 0 amide bonds. The molecule has 6 nitrogen and oxygen atoms in total. The molecule has 0 fully saturated rings. The van der Waals surface area contributed by atoms with Crippen molar-refractivity contribution in [2.24, 2.45) is 0 Å². The van der Waals surface area contributed by atoms with E-state index in [9.17, 15) is 13.7 Å². The largest absolute Gasteiger partial charge is 0.365 e. The highest BCUT2D eigenvalue weighted by atomic mass is 32.2. The number of nitrogens with zero attached hydrogens (tertiary/aromatic N) is 3. The summed E-state index contributed by atoms with van der Waals surface area (Å²) < 4.78 is 26.0. The average molecular weight is 344 g/mol. The van der Waals surface area contributed by atoms with Gasteiger partial charge in [0.2, 0.25) is 10.0 Å². The molecule has 0 spiro atoms. The third-order valence-corrected chi connectivity index (χ3v) is 5.55. The number of benzene rings is 1. The number of nitriles is 1. The summed E-state index contributed by atoms with van der Waals surface area (Å²) in [6.07, 6.45) is 0. The lowest BCUT2D eigenvalue weighted by molar-refractivity contribution is 0.520. The van der Waals surface area contributed by atoms with Gasteiger partial charge in [-0.15, -0.1) is 0 Å². The van der Waals surface area contributed by atoms with Crippen LogP contribution < -0.4 is 5.32 Å². The molecule has 0 aliphatic rings. The molecule has 24 heavy (non-hydrogen) atoms. The predicted molar refractivity (Wildman–Crippen MR) is 93.1 cm³/mol. The molecule has 0 saturated carbocycles. The number of anilines is 1. The molecule has 1 heterocycles. The normalized spacial score (nSPS) is 11.3. The Morgan fingerprint density at radius 1 is 1.25 bits per heavy atom. The van der Waals surface area contributed by atoms with Crippen molar-refractivity contribution in [2.75, 3.05) is 19.4 Å². The quantitative estimate of drug-likeness (QED) is 0.900. The van der Waals surface area contributed by atoms with E-state index in [2.05, 4.69) is 16.4 Å². The van der Waals surface area contributed by atoms with Gasteiger partial charge >= 0.3 is 0 Å². The molecule has 1 N–H and O–H groups in total. The minimum atomic E-state index is -3.54. The molecule has 0 saturated heterocycles. The SMILES string of the molecule is Cc1cc(C)c(C#N)c(NCc2ccccc2S(=O)(=O)N(C)C)n1. The molecule has 0 unspecified atom stereocenters. The molecule has 0 atom stereocenters. The van der Waals surface area contributed by atoms with E-state index in [1.165, 1.54) is 18.4 Å². The second-order valence-electron chi connectivity index (χ2n) is 5.66. The molecule has 0 radical (unpaired) electrons. The maximum absolute atomic E-state index is 12.4. The van der Waals surface area contributed by atoms with Crippen molar-refractivity contribution in [2.45, 2.75) is 25.3 Å². The monoisotopic (exact) mass is 344 g/mol. The Kier molecular flexibility index (Phi) is 5.22. The first kappa shape index (κ1) is 17.9. The number of aryl methyl sites for hydroxylation is 2. The van der Waals surface area contributed by atoms with Crippen molar-refractivity contribution in [3.05, 3.63) is 52.7 Å². The van der Waals surface area contributed by atoms with Gasteiger partial charge in [-0.1, -0.05) is 18.2 Å². The number of hydrogen-bond donors (Lipinski definition) is 1. The fourth-order valence-corrected chi connectivity index (χ4v) is 3.50. The number of hydrogen-bond acceptors (Lipinski definition) is 5. The summed E-state index contributed by atoms with van der Waals surface area (Å²) in [6, 6.07) is 10.8. The van der Waals surface area contributed by atoms with Gasteiger partial charge in [0.1, 0.15) is 11.9 Å². The van der Waals surface area contributed by atoms with Crippen LogP contribution in [0.25, 0.3) is 0 Å². The number of nitrogens with one attached hydrogen (secondary N) is 1. The molecule has 126 valence electrons. The highest BCUT2D eigenvalue weighted by Gasteiger charge is 2.20. The van der Waals surface area contributed by atoms with Crippen molar-refractivity contribution in [1.29, 1.82) is 5.26 Å². The van der Waals surface area contributed by atoms with Crippen LogP contribution in [-0.2, 0) is 16.6 Å². The second kappa shape index (κ2) is 6.99. The summed E-state index contributed by atoms with van der Waals surface area (Å²) in [7, 11) is -0.538. The number of sulfonamides is 1. The van der Waals surface area contributed by atoms with Crippen LogP contribution in [0.15, 0.2) is 35.2 Å².